The fourth-order valence-electron chi connectivity index (χ4n) is 4.41. The molecule has 0 radical (unpaired) electrons. The van der Waals surface area contributed by atoms with Gasteiger partial charge in [0.05, 0.1) is 5.56 Å². The lowest BCUT2D eigenvalue weighted by molar-refractivity contribution is 0.118. The van der Waals surface area contributed by atoms with Crippen LogP contribution in [0, 0.1) is 0 Å². The zero-order valence-electron chi connectivity index (χ0n) is 21.1. The average molecular weight is 481 g/mol. The van der Waals surface area contributed by atoms with E-state index in [4.69, 9.17) is 0 Å². The van der Waals surface area contributed by atoms with Crippen molar-refractivity contribution in [2.24, 2.45) is 0 Å². The van der Waals surface area contributed by atoms with Gasteiger partial charge in [0.1, 0.15) is 11.5 Å². The first kappa shape index (κ1) is 25.0. The molecule has 2 aromatic carbocycles. The third-order valence-corrected chi connectivity index (χ3v) is 6.41. The van der Waals surface area contributed by atoms with Crippen LogP contribution in [0.3, 0.4) is 0 Å². The van der Waals surface area contributed by atoms with Crippen LogP contribution in [0.4, 0.5) is 5.69 Å². The van der Waals surface area contributed by atoms with Crippen molar-refractivity contribution in [2.75, 3.05) is 38.1 Å². The number of aliphatic hydroxyl groups is 1. The lowest BCUT2D eigenvalue weighted by Crippen LogP contribution is -2.44. The summed E-state index contributed by atoms with van der Waals surface area (Å²) in [6, 6.07) is 11.2. The predicted molar refractivity (Wildman–Crippen MR) is 137 cm³/mol. The first-order valence-corrected chi connectivity index (χ1v) is 12.1. The first-order valence-electron chi connectivity index (χ1n) is 12.1. The molecule has 0 aliphatic carbocycles. The Hall–Kier alpha value is -3.14. The molecule has 3 aromatic rings. The molecule has 1 aliphatic heterocycles. The Kier molecular flexibility index (Phi) is 7.30. The minimum atomic E-state index is -1.06. The molecule has 0 amide bonds. The highest BCUT2D eigenvalue weighted by atomic mass is 16.3. The van der Waals surface area contributed by atoms with Crippen LogP contribution < -0.4 is 10.2 Å². The molecule has 2 heterocycles. The van der Waals surface area contributed by atoms with E-state index in [1.54, 1.807) is 10.6 Å². The largest absolute Gasteiger partial charge is 0.508 e. The molecule has 1 fully saturated rings. The van der Waals surface area contributed by atoms with Crippen molar-refractivity contribution in [3.05, 3.63) is 47.8 Å². The van der Waals surface area contributed by atoms with Crippen molar-refractivity contribution in [3.63, 3.8) is 0 Å². The van der Waals surface area contributed by atoms with Gasteiger partial charge < -0.3 is 25.1 Å². The van der Waals surface area contributed by atoms with Crippen molar-refractivity contribution < 1.29 is 15.3 Å². The summed E-state index contributed by atoms with van der Waals surface area (Å²) in [5, 5.41) is 43.6. The SMILES string of the molecule is CC(C)NC(O)c1nnc(-c2cc(C(C)C)c(O)cc2O)n1-c1ccc(N2CCN(C)CC2)cc1. The van der Waals surface area contributed by atoms with E-state index < -0.39 is 6.23 Å². The molecule has 1 atom stereocenters. The molecule has 188 valence electrons. The smallest absolute Gasteiger partial charge is 0.182 e. The van der Waals surface area contributed by atoms with E-state index in [0.29, 0.717) is 22.8 Å². The predicted octanol–water partition coefficient (Wildman–Crippen LogP) is 3.21. The summed E-state index contributed by atoms with van der Waals surface area (Å²) in [6.07, 6.45) is -1.06. The van der Waals surface area contributed by atoms with E-state index in [0.717, 1.165) is 37.6 Å². The maximum atomic E-state index is 10.9. The van der Waals surface area contributed by atoms with Gasteiger partial charge in [0.15, 0.2) is 17.9 Å². The number of hydrogen-bond acceptors (Lipinski definition) is 8. The Labute approximate surface area is 206 Å². The number of phenolic OH excluding ortho intramolecular Hbond substituents is 2. The number of nitrogens with zero attached hydrogens (tertiary/aromatic N) is 5. The van der Waals surface area contributed by atoms with Gasteiger partial charge in [-0.1, -0.05) is 13.8 Å². The van der Waals surface area contributed by atoms with Gasteiger partial charge in [-0.15, -0.1) is 10.2 Å². The van der Waals surface area contributed by atoms with E-state index >= 15 is 0 Å². The highest BCUT2D eigenvalue weighted by Crippen LogP contribution is 2.38. The number of aliphatic hydroxyl groups excluding tert-OH is 1. The van der Waals surface area contributed by atoms with E-state index in [2.05, 4.69) is 44.5 Å². The van der Waals surface area contributed by atoms with Crippen LogP contribution in [0.2, 0.25) is 0 Å². The number of rotatable bonds is 7. The van der Waals surface area contributed by atoms with Gasteiger partial charge in [-0.3, -0.25) is 9.88 Å². The maximum absolute atomic E-state index is 10.9. The number of nitrogens with one attached hydrogen (secondary N) is 1. The molecular weight excluding hydrogens is 444 g/mol. The van der Waals surface area contributed by atoms with Crippen LogP contribution in [-0.4, -0.2) is 74.3 Å². The van der Waals surface area contributed by atoms with E-state index in [1.165, 1.54) is 6.07 Å². The first-order chi connectivity index (χ1) is 16.7. The van der Waals surface area contributed by atoms with Crippen LogP contribution in [0.25, 0.3) is 17.1 Å². The lowest BCUT2D eigenvalue weighted by atomic mass is 9.98. The summed E-state index contributed by atoms with van der Waals surface area (Å²) in [5.41, 5.74) is 3.03. The molecule has 35 heavy (non-hydrogen) atoms. The molecule has 0 spiro atoms. The van der Waals surface area contributed by atoms with Crippen molar-refractivity contribution in [3.8, 4) is 28.6 Å². The molecule has 1 aromatic heterocycles. The summed E-state index contributed by atoms with van der Waals surface area (Å²) in [5.74, 6) is 0.676. The van der Waals surface area contributed by atoms with Gasteiger partial charge in [-0.05, 0) is 62.7 Å². The zero-order valence-corrected chi connectivity index (χ0v) is 21.1. The average Bonchev–Trinajstić information content (AvgIpc) is 3.24. The fourth-order valence-corrected chi connectivity index (χ4v) is 4.41. The maximum Gasteiger partial charge on any atom is 0.182 e. The number of aromatic hydroxyl groups is 2. The van der Waals surface area contributed by atoms with Gasteiger partial charge in [-0.2, -0.15) is 0 Å². The topological polar surface area (TPSA) is 110 Å². The molecule has 4 N–H and O–H groups in total. The molecule has 1 unspecified atom stereocenters. The summed E-state index contributed by atoms with van der Waals surface area (Å²) in [7, 11) is 2.13. The van der Waals surface area contributed by atoms with E-state index in [1.807, 2.05) is 39.8 Å². The van der Waals surface area contributed by atoms with Crippen LogP contribution in [0.1, 0.15) is 51.2 Å². The van der Waals surface area contributed by atoms with Gasteiger partial charge in [0.2, 0.25) is 0 Å². The number of phenols is 2. The van der Waals surface area contributed by atoms with Crippen molar-refractivity contribution in [2.45, 2.75) is 45.9 Å². The third-order valence-electron chi connectivity index (χ3n) is 6.41. The second kappa shape index (κ2) is 10.2. The minimum Gasteiger partial charge on any atom is -0.508 e. The Balaban J connectivity index is 1.79. The highest BCUT2D eigenvalue weighted by molar-refractivity contribution is 5.69. The van der Waals surface area contributed by atoms with Gasteiger partial charge in [-0.25, -0.2) is 0 Å². The van der Waals surface area contributed by atoms with Crippen LogP contribution in [-0.2, 0) is 0 Å². The monoisotopic (exact) mass is 480 g/mol. The van der Waals surface area contributed by atoms with Crippen LogP contribution in [0.15, 0.2) is 36.4 Å². The second-order valence-corrected chi connectivity index (χ2v) is 9.83. The van der Waals surface area contributed by atoms with Gasteiger partial charge >= 0.3 is 0 Å². The van der Waals surface area contributed by atoms with Crippen LogP contribution in [0.5, 0.6) is 11.5 Å². The van der Waals surface area contributed by atoms with Gasteiger partial charge in [0, 0.05) is 49.7 Å². The molecule has 4 rings (SSSR count). The van der Waals surface area contributed by atoms with E-state index in [-0.39, 0.29) is 23.5 Å². The number of anilines is 1. The molecule has 9 nitrogen and oxygen atoms in total. The third kappa shape index (κ3) is 5.27. The summed E-state index contributed by atoms with van der Waals surface area (Å²) < 4.78 is 1.75. The van der Waals surface area contributed by atoms with Crippen molar-refractivity contribution in [1.82, 2.24) is 25.0 Å². The second-order valence-electron chi connectivity index (χ2n) is 9.83. The Bertz CT molecular complexity index is 1150. The van der Waals surface area contributed by atoms with E-state index in [9.17, 15) is 15.3 Å². The Morgan fingerprint density at radius 1 is 0.857 bits per heavy atom. The fraction of sp³-hybridized carbons (Fsp3) is 0.462. The molecular formula is C26H36N6O3. The standard InChI is InChI=1S/C26H36N6O3/c1-16(2)20-14-21(23(34)15-22(20)33)24-28-29-25(26(35)27-17(3)4)32(24)19-8-6-18(7-9-19)31-12-10-30(5)11-13-31/h6-9,14-17,26-27,33-35H,10-13H2,1-5H3. The number of piperazine rings is 1. The minimum absolute atomic E-state index is 0.0211. The molecule has 0 saturated carbocycles. The molecule has 1 saturated heterocycles. The molecule has 9 heteroatoms. The van der Waals surface area contributed by atoms with Crippen molar-refractivity contribution in [1.29, 1.82) is 0 Å². The number of likely N-dealkylation sites (N-methyl/N-ethyl adjacent to an activating group) is 1. The van der Waals surface area contributed by atoms with Gasteiger partial charge in [0.25, 0.3) is 0 Å². The Morgan fingerprint density at radius 2 is 1.49 bits per heavy atom. The zero-order chi connectivity index (χ0) is 25.3. The quantitative estimate of drug-likeness (QED) is 0.382. The number of hydrogen-bond donors (Lipinski definition) is 4. The van der Waals surface area contributed by atoms with Crippen LogP contribution >= 0.6 is 0 Å². The summed E-state index contributed by atoms with van der Waals surface area (Å²) in [4.78, 5) is 4.67. The Morgan fingerprint density at radius 3 is 2.09 bits per heavy atom. The highest BCUT2D eigenvalue weighted by Gasteiger charge is 2.25. The number of aromatic nitrogens is 3. The normalized spacial score (nSPS) is 15.8. The summed E-state index contributed by atoms with van der Waals surface area (Å²) in [6.45, 7) is 11.8. The number of benzene rings is 2. The lowest BCUT2D eigenvalue weighted by Gasteiger charge is -2.34. The molecule has 1 aliphatic rings. The molecule has 0 bridgehead atoms. The summed E-state index contributed by atoms with van der Waals surface area (Å²) >= 11 is 0. The van der Waals surface area contributed by atoms with Crippen molar-refractivity contribution >= 4 is 5.69 Å².